The summed E-state index contributed by atoms with van der Waals surface area (Å²) in [5, 5.41) is 9.03. The lowest BCUT2D eigenvalue weighted by molar-refractivity contribution is 0.114. The van der Waals surface area contributed by atoms with Crippen molar-refractivity contribution in [3.63, 3.8) is 0 Å². The fraction of sp³-hybridized carbons (Fsp3) is 0.333. The molecule has 1 rings (SSSR count). The Labute approximate surface area is 80.1 Å². The molecule has 0 saturated carbocycles. The van der Waals surface area contributed by atoms with E-state index in [1.54, 1.807) is 0 Å². The first-order chi connectivity index (χ1) is 6.63. The second-order valence-corrected chi connectivity index (χ2v) is 2.78. The first kappa shape index (κ1) is 10.9. The van der Waals surface area contributed by atoms with E-state index in [9.17, 15) is 8.78 Å². The highest BCUT2D eigenvalue weighted by molar-refractivity contribution is 5.23. The molecular formula is C9H11F2NO2. The standard InChI is InChI=1S/C9H11F2NO2/c10-8-2-1-7(3-9(8)11)14-5-6(13)4-12/h1-3,6,13H,4-5,12H2/t6-/m0/s1. The van der Waals surface area contributed by atoms with Crippen LogP contribution >= 0.6 is 0 Å². The van der Waals surface area contributed by atoms with E-state index in [-0.39, 0.29) is 18.9 Å². The number of aliphatic hydroxyl groups is 1. The maximum absolute atomic E-state index is 12.6. The molecule has 0 radical (unpaired) electrons. The van der Waals surface area contributed by atoms with Crippen molar-refractivity contribution in [3.05, 3.63) is 29.8 Å². The summed E-state index contributed by atoms with van der Waals surface area (Å²) in [6.45, 7) is 0.0191. The lowest BCUT2D eigenvalue weighted by Crippen LogP contribution is -2.26. The highest BCUT2D eigenvalue weighted by Gasteiger charge is 2.05. The minimum Gasteiger partial charge on any atom is -0.491 e. The summed E-state index contributed by atoms with van der Waals surface area (Å²) in [6, 6.07) is 3.15. The zero-order chi connectivity index (χ0) is 10.6. The van der Waals surface area contributed by atoms with Gasteiger partial charge >= 0.3 is 0 Å². The van der Waals surface area contributed by atoms with Gasteiger partial charge in [-0.3, -0.25) is 0 Å². The number of rotatable bonds is 4. The Morgan fingerprint density at radius 3 is 2.64 bits per heavy atom. The van der Waals surface area contributed by atoms with Crippen molar-refractivity contribution in [1.29, 1.82) is 0 Å². The minimum absolute atomic E-state index is 0.0401. The second kappa shape index (κ2) is 4.88. The third-order valence-corrected chi connectivity index (χ3v) is 1.61. The first-order valence-electron chi connectivity index (χ1n) is 4.09. The van der Waals surface area contributed by atoms with Crippen molar-refractivity contribution in [3.8, 4) is 5.75 Å². The molecule has 0 aliphatic carbocycles. The Hall–Kier alpha value is -1.20. The highest BCUT2D eigenvalue weighted by Crippen LogP contribution is 2.15. The van der Waals surface area contributed by atoms with Gasteiger partial charge in [-0.1, -0.05) is 0 Å². The van der Waals surface area contributed by atoms with Crippen molar-refractivity contribution < 1.29 is 18.6 Å². The third-order valence-electron chi connectivity index (χ3n) is 1.61. The Morgan fingerprint density at radius 1 is 1.36 bits per heavy atom. The molecule has 0 spiro atoms. The molecule has 14 heavy (non-hydrogen) atoms. The van der Waals surface area contributed by atoms with Crippen LogP contribution in [0, 0.1) is 11.6 Å². The molecule has 3 N–H and O–H groups in total. The monoisotopic (exact) mass is 203 g/mol. The molecule has 5 heteroatoms. The summed E-state index contributed by atoms with van der Waals surface area (Å²) in [5.74, 6) is -1.75. The van der Waals surface area contributed by atoms with Gasteiger partial charge in [-0.15, -0.1) is 0 Å². The molecule has 0 bridgehead atoms. The topological polar surface area (TPSA) is 55.5 Å². The normalized spacial score (nSPS) is 12.6. The molecule has 0 aromatic heterocycles. The van der Waals surface area contributed by atoms with E-state index in [1.165, 1.54) is 6.07 Å². The number of hydrogen-bond donors (Lipinski definition) is 2. The number of halogens is 2. The van der Waals surface area contributed by atoms with Gasteiger partial charge in [0, 0.05) is 12.6 Å². The van der Waals surface area contributed by atoms with Crippen LogP contribution in [0.4, 0.5) is 8.78 Å². The predicted octanol–water partition coefficient (Wildman–Crippen LogP) is 0.663. The van der Waals surface area contributed by atoms with E-state index >= 15 is 0 Å². The van der Waals surface area contributed by atoms with E-state index < -0.39 is 17.7 Å². The molecule has 0 heterocycles. The van der Waals surface area contributed by atoms with Gasteiger partial charge in [-0.2, -0.15) is 0 Å². The van der Waals surface area contributed by atoms with E-state index in [2.05, 4.69) is 0 Å². The maximum Gasteiger partial charge on any atom is 0.162 e. The molecule has 3 nitrogen and oxygen atoms in total. The third kappa shape index (κ3) is 2.93. The largest absolute Gasteiger partial charge is 0.491 e. The molecule has 0 aliphatic rings. The smallest absolute Gasteiger partial charge is 0.162 e. The van der Waals surface area contributed by atoms with Crippen LogP contribution in [0.5, 0.6) is 5.75 Å². The molecule has 0 amide bonds. The molecule has 0 unspecified atom stereocenters. The number of ether oxygens (including phenoxy) is 1. The maximum atomic E-state index is 12.6. The van der Waals surface area contributed by atoms with Gasteiger partial charge in [0.05, 0.1) is 0 Å². The summed E-state index contributed by atoms with van der Waals surface area (Å²) in [5.41, 5.74) is 5.13. The number of benzene rings is 1. The summed E-state index contributed by atoms with van der Waals surface area (Å²) >= 11 is 0. The van der Waals surface area contributed by atoms with Gasteiger partial charge < -0.3 is 15.6 Å². The van der Waals surface area contributed by atoms with Crippen LogP contribution in [0.2, 0.25) is 0 Å². The summed E-state index contributed by atoms with van der Waals surface area (Å²) in [7, 11) is 0. The fourth-order valence-electron chi connectivity index (χ4n) is 0.827. The van der Waals surface area contributed by atoms with E-state index in [0.29, 0.717) is 0 Å². The molecule has 1 aromatic rings. The van der Waals surface area contributed by atoms with Crippen molar-refractivity contribution in [2.24, 2.45) is 5.73 Å². The lowest BCUT2D eigenvalue weighted by Gasteiger charge is -2.09. The zero-order valence-corrected chi connectivity index (χ0v) is 7.41. The van der Waals surface area contributed by atoms with E-state index in [4.69, 9.17) is 15.6 Å². The average molecular weight is 203 g/mol. The Bertz CT molecular complexity index is 307. The molecule has 0 fully saturated rings. The van der Waals surface area contributed by atoms with Gasteiger partial charge in [0.25, 0.3) is 0 Å². The van der Waals surface area contributed by atoms with Crippen LogP contribution in [0.25, 0.3) is 0 Å². The number of aliphatic hydroxyl groups excluding tert-OH is 1. The fourth-order valence-corrected chi connectivity index (χ4v) is 0.827. The summed E-state index contributed by atoms with van der Waals surface area (Å²) in [6.07, 6.45) is -0.803. The van der Waals surface area contributed by atoms with Crippen LogP contribution < -0.4 is 10.5 Å². The first-order valence-corrected chi connectivity index (χ1v) is 4.09. The molecule has 78 valence electrons. The van der Waals surface area contributed by atoms with Gasteiger partial charge in [-0.05, 0) is 12.1 Å². The Morgan fingerprint density at radius 2 is 2.07 bits per heavy atom. The predicted molar refractivity (Wildman–Crippen MR) is 46.9 cm³/mol. The Balaban J connectivity index is 2.55. The molecular weight excluding hydrogens is 192 g/mol. The SMILES string of the molecule is NC[C@H](O)COc1ccc(F)c(F)c1. The quantitative estimate of drug-likeness (QED) is 0.756. The molecule has 1 atom stereocenters. The zero-order valence-electron chi connectivity index (χ0n) is 7.41. The highest BCUT2D eigenvalue weighted by atomic mass is 19.2. The second-order valence-electron chi connectivity index (χ2n) is 2.78. The van der Waals surface area contributed by atoms with Crippen LogP contribution in [0.15, 0.2) is 18.2 Å². The Kier molecular flexibility index (Phi) is 3.79. The van der Waals surface area contributed by atoms with Crippen LogP contribution in [-0.2, 0) is 0 Å². The molecule has 0 aliphatic heterocycles. The summed E-state index contributed by atoms with van der Waals surface area (Å²) < 4.78 is 30.1. The molecule has 0 saturated heterocycles. The van der Waals surface area contributed by atoms with Crippen molar-refractivity contribution in [2.75, 3.05) is 13.2 Å². The van der Waals surface area contributed by atoms with E-state index in [1.807, 2.05) is 0 Å². The lowest BCUT2D eigenvalue weighted by atomic mass is 10.3. The minimum atomic E-state index is -0.982. The molecule has 1 aromatic carbocycles. The van der Waals surface area contributed by atoms with E-state index in [0.717, 1.165) is 12.1 Å². The van der Waals surface area contributed by atoms with Crippen LogP contribution in [-0.4, -0.2) is 24.4 Å². The van der Waals surface area contributed by atoms with Crippen molar-refractivity contribution in [2.45, 2.75) is 6.10 Å². The van der Waals surface area contributed by atoms with Crippen molar-refractivity contribution >= 4 is 0 Å². The van der Waals surface area contributed by atoms with Gasteiger partial charge in [0.15, 0.2) is 11.6 Å². The van der Waals surface area contributed by atoms with Crippen LogP contribution in [0.3, 0.4) is 0 Å². The van der Waals surface area contributed by atoms with Gasteiger partial charge in [-0.25, -0.2) is 8.78 Å². The van der Waals surface area contributed by atoms with Crippen LogP contribution in [0.1, 0.15) is 0 Å². The van der Waals surface area contributed by atoms with Gasteiger partial charge in [0.1, 0.15) is 18.5 Å². The number of nitrogens with two attached hydrogens (primary N) is 1. The average Bonchev–Trinajstić information content (AvgIpc) is 2.19. The summed E-state index contributed by atoms with van der Waals surface area (Å²) in [4.78, 5) is 0. The van der Waals surface area contributed by atoms with Crippen molar-refractivity contribution in [1.82, 2.24) is 0 Å². The van der Waals surface area contributed by atoms with Gasteiger partial charge in [0.2, 0.25) is 0 Å². The number of hydrogen-bond acceptors (Lipinski definition) is 3.